The summed E-state index contributed by atoms with van der Waals surface area (Å²) in [4.78, 5) is 7.84. The van der Waals surface area contributed by atoms with Crippen molar-refractivity contribution in [2.45, 2.75) is 37.5 Å². The molecular formula is C26H27BrN2O. The number of benzene rings is 2. The zero-order chi connectivity index (χ0) is 20.3. The lowest BCUT2D eigenvalue weighted by Crippen LogP contribution is -2.54. The summed E-state index contributed by atoms with van der Waals surface area (Å²) in [5.41, 5.74) is 5.09. The van der Waals surface area contributed by atoms with E-state index in [1.165, 1.54) is 41.6 Å². The number of phenolic OH excluding ortho intramolecular Hbond substituents is 1. The largest absolute Gasteiger partial charge is 0.508 e. The third kappa shape index (κ3) is 3.25. The number of halogens is 1. The first kappa shape index (κ1) is 18.8. The standard InChI is InChI=1S/C26H27BrN2O/c27-22-7-6-18-10-19-11-21-16-29(15-17-4-5-17)9-8-26(21,14-25(19)28-24(18)13-22)20-2-1-3-23(30)12-20/h1-3,6-7,10,12-13,17,21,30H,4-5,8-9,11,14-16H2/t21-,26-/m0/s1. The summed E-state index contributed by atoms with van der Waals surface area (Å²) in [6, 6.07) is 16.8. The third-order valence-corrected chi connectivity index (χ3v) is 8.16. The van der Waals surface area contributed by atoms with Crippen molar-refractivity contribution in [3.63, 3.8) is 0 Å². The predicted octanol–water partition coefficient (Wildman–Crippen LogP) is 5.47. The number of hydrogen-bond donors (Lipinski definition) is 1. The molecule has 1 N–H and O–H groups in total. The van der Waals surface area contributed by atoms with Crippen LogP contribution in [-0.4, -0.2) is 34.6 Å². The molecule has 154 valence electrons. The van der Waals surface area contributed by atoms with E-state index in [1.807, 2.05) is 12.1 Å². The van der Waals surface area contributed by atoms with Crippen molar-refractivity contribution >= 4 is 26.8 Å². The number of fused-ring (bicyclic) bond motifs is 3. The molecule has 0 radical (unpaired) electrons. The van der Waals surface area contributed by atoms with Crippen molar-refractivity contribution < 1.29 is 5.11 Å². The summed E-state index contributed by atoms with van der Waals surface area (Å²) in [6.45, 7) is 3.57. The van der Waals surface area contributed by atoms with Gasteiger partial charge in [0, 0.05) is 40.5 Å². The number of nitrogens with zero attached hydrogens (tertiary/aromatic N) is 2. The van der Waals surface area contributed by atoms with Gasteiger partial charge in [0.25, 0.3) is 0 Å². The molecule has 2 heterocycles. The molecule has 2 aliphatic carbocycles. The fourth-order valence-electron chi connectivity index (χ4n) is 5.88. The molecule has 2 aromatic carbocycles. The topological polar surface area (TPSA) is 36.4 Å². The second kappa shape index (κ2) is 7.06. The van der Waals surface area contributed by atoms with Gasteiger partial charge in [0.15, 0.2) is 0 Å². The van der Waals surface area contributed by atoms with Crippen molar-refractivity contribution in [2.75, 3.05) is 19.6 Å². The molecule has 0 amide bonds. The van der Waals surface area contributed by atoms with Gasteiger partial charge in [-0.1, -0.05) is 34.1 Å². The number of likely N-dealkylation sites (tertiary alicyclic amines) is 1. The number of rotatable bonds is 3. The average Bonchev–Trinajstić information content (AvgIpc) is 3.55. The lowest BCUT2D eigenvalue weighted by Gasteiger charge is -2.51. The van der Waals surface area contributed by atoms with Gasteiger partial charge in [-0.15, -0.1) is 0 Å². The minimum Gasteiger partial charge on any atom is -0.508 e. The van der Waals surface area contributed by atoms with E-state index in [0.717, 1.165) is 48.3 Å². The highest BCUT2D eigenvalue weighted by Gasteiger charge is 2.48. The summed E-state index contributed by atoms with van der Waals surface area (Å²) < 4.78 is 1.08. The Labute approximate surface area is 186 Å². The minimum absolute atomic E-state index is 0.0679. The molecule has 0 bridgehead atoms. The molecule has 4 heteroatoms. The monoisotopic (exact) mass is 462 g/mol. The lowest BCUT2D eigenvalue weighted by molar-refractivity contribution is 0.0777. The summed E-state index contributed by atoms with van der Waals surface area (Å²) in [6.07, 6.45) is 6.01. The quantitative estimate of drug-likeness (QED) is 0.560. The molecule has 2 fully saturated rings. The van der Waals surface area contributed by atoms with Gasteiger partial charge >= 0.3 is 0 Å². The molecule has 6 rings (SSSR count). The van der Waals surface area contributed by atoms with E-state index >= 15 is 0 Å². The van der Waals surface area contributed by atoms with E-state index in [4.69, 9.17) is 4.98 Å². The number of pyridine rings is 1. The van der Waals surface area contributed by atoms with Crippen LogP contribution in [0.2, 0.25) is 0 Å². The molecule has 0 spiro atoms. The molecule has 1 saturated carbocycles. The van der Waals surface area contributed by atoms with Crippen LogP contribution < -0.4 is 0 Å². The van der Waals surface area contributed by atoms with Crippen LogP contribution in [0.1, 0.15) is 36.1 Å². The first-order valence-electron chi connectivity index (χ1n) is 11.2. The van der Waals surface area contributed by atoms with Crippen molar-refractivity contribution in [1.82, 2.24) is 9.88 Å². The zero-order valence-electron chi connectivity index (χ0n) is 17.1. The Hall–Kier alpha value is -1.91. The molecule has 1 aliphatic heterocycles. The lowest BCUT2D eigenvalue weighted by atomic mass is 9.58. The molecule has 1 aromatic heterocycles. The van der Waals surface area contributed by atoms with Crippen LogP contribution in [-0.2, 0) is 18.3 Å². The fraction of sp³-hybridized carbons (Fsp3) is 0.423. The highest BCUT2D eigenvalue weighted by atomic mass is 79.9. The van der Waals surface area contributed by atoms with Crippen LogP contribution in [0.3, 0.4) is 0 Å². The van der Waals surface area contributed by atoms with E-state index in [0.29, 0.717) is 11.7 Å². The van der Waals surface area contributed by atoms with Crippen LogP contribution >= 0.6 is 15.9 Å². The van der Waals surface area contributed by atoms with E-state index in [9.17, 15) is 5.11 Å². The molecule has 3 nitrogen and oxygen atoms in total. The highest BCUT2D eigenvalue weighted by molar-refractivity contribution is 9.10. The average molecular weight is 463 g/mol. The second-order valence-corrected chi connectivity index (χ2v) is 10.6. The van der Waals surface area contributed by atoms with Crippen molar-refractivity contribution in [2.24, 2.45) is 11.8 Å². The molecule has 3 aliphatic rings. The smallest absolute Gasteiger partial charge is 0.115 e. The molecule has 0 unspecified atom stereocenters. The Morgan fingerprint density at radius 3 is 2.87 bits per heavy atom. The Bertz CT molecular complexity index is 1130. The Morgan fingerprint density at radius 1 is 1.13 bits per heavy atom. The van der Waals surface area contributed by atoms with Gasteiger partial charge in [-0.25, -0.2) is 0 Å². The normalized spacial score (nSPS) is 26.4. The van der Waals surface area contributed by atoms with Crippen LogP contribution in [0.15, 0.2) is 53.0 Å². The SMILES string of the molecule is Oc1cccc([C@@]23CCN(CC4CC4)C[C@@H]2Cc2cc4ccc(Br)cc4nc2C3)c1. The van der Waals surface area contributed by atoms with Gasteiger partial charge in [-0.2, -0.15) is 0 Å². The number of aromatic nitrogens is 1. The maximum Gasteiger partial charge on any atom is 0.115 e. The molecular weight excluding hydrogens is 436 g/mol. The summed E-state index contributed by atoms with van der Waals surface area (Å²) >= 11 is 3.60. The van der Waals surface area contributed by atoms with Crippen LogP contribution in [0, 0.1) is 11.8 Å². The highest BCUT2D eigenvalue weighted by Crippen LogP contribution is 2.49. The first-order chi connectivity index (χ1) is 14.6. The van der Waals surface area contributed by atoms with E-state index in [2.05, 4.69) is 51.2 Å². The molecule has 3 aromatic rings. The number of phenols is 1. The van der Waals surface area contributed by atoms with Crippen LogP contribution in [0.25, 0.3) is 10.9 Å². The van der Waals surface area contributed by atoms with Crippen molar-refractivity contribution in [3.05, 3.63) is 69.8 Å². The fourth-order valence-corrected chi connectivity index (χ4v) is 6.23. The van der Waals surface area contributed by atoms with Crippen LogP contribution in [0.5, 0.6) is 5.75 Å². The number of piperidine rings is 1. The summed E-state index contributed by atoms with van der Waals surface area (Å²) in [7, 11) is 0. The Kier molecular flexibility index (Phi) is 4.43. The minimum atomic E-state index is 0.0679. The maximum atomic E-state index is 10.2. The predicted molar refractivity (Wildman–Crippen MR) is 124 cm³/mol. The van der Waals surface area contributed by atoms with Gasteiger partial charge in [0.2, 0.25) is 0 Å². The second-order valence-electron chi connectivity index (χ2n) is 9.67. The summed E-state index contributed by atoms with van der Waals surface area (Å²) in [5.74, 6) is 1.87. The molecule has 2 atom stereocenters. The van der Waals surface area contributed by atoms with E-state index in [-0.39, 0.29) is 5.41 Å². The van der Waals surface area contributed by atoms with Gasteiger partial charge in [-0.05, 0) is 85.5 Å². The number of hydrogen-bond acceptors (Lipinski definition) is 3. The summed E-state index contributed by atoms with van der Waals surface area (Å²) in [5, 5.41) is 11.5. The Morgan fingerprint density at radius 2 is 2.03 bits per heavy atom. The number of aromatic hydroxyl groups is 1. The van der Waals surface area contributed by atoms with Gasteiger partial charge in [0.05, 0.1) is 5.52 Å². The van der Waals surface area contributed by atoms with E-state index < -0.39 is 0 Å². The van der Waals surface area contributed by atoms with Crippen molar-refractivity contribution in [1.29, 1.82) is 0 Å². The van der Waals surface area contributed by atoms with Gasteiger partial charge in [0.1, 0.15) is 5.75 Å². The van der Waals surface area contributed by atoms with Gasteiger partial charge in [-0.3, -0.25) is 4.98 Å². The Balaban J connectivity index is 1.44. The van der Waals surface area contributed by atoms with Crippen LogP contribution in [0.4, 0.5) is 0 Å². The maximum absolute atomic E-state index is 10.2. The molecule has 30 heavy (non-hydrogen) atoms. The van der Waals surface area contributed by atoms with Gasteiger partial charge < -0.3 is 10.0 Å². The first-order valence-corrected chi connectivity index (χ1v) is 12.0. The zero-order valence-corrected chi connectivity index (χ0v) is 18.7. The third-order valence-electron chi connectivity index (χ3n) is 7.67. The van der Waals surface area contributed by atoms with Crippen molar-refractivity contribution in [3.8, 4) is 5.75 Å². The van der Waals surface area contributed by atoms with E-state index in [1.54, 1.807) is 6.07 Å². The molecule has 1 saturated heterocycles.